The first-order valence-corrected chi connectivity index (χ1v) is 12.4. The molecule has 1 amide bonds. The molecule has 0 aliphatic carbocycles. The van der Waals surface area contributed by atoms with Gasteiger partial charge in [-0.15, -0.1) is 0 Å². The maximum Gasteiger partial charge on any atom is 0.251 e. The summed E-state index contributed by atoms with van der Waals surface area (Å²) in [6, 6.07) is 15.7. The number of carbonyl (C=O) groups is 1. The second-order valence-corrected chi connectivity index (χ2v) is 10.2. The van der Waals surface area contributed by atoms with Crippen molar-refractivity contribution in [2.24, 2.45) is 5.92 Å². The Hall–Kier alpha value is -2.22. The monoisotopic (exact) mass is 443 g/mol. The van der Waals surface area contributed by atoms with E-state index in [-0.39, 0.29) is 17.3 Å². The second kappa shape index (κ2) is 10.9. The predicted molar refractivity (Wildman–Crippen MR) is 123 cm³/mol. The fraction of sp³-hybridized carbons (Fsp3) is 0.458. The quantitative estimate of drug-likeness (QED) is 0.645. The standard InChI is InChI=1S/C24H33N3O3S/c1-3-27(31(29,30)23-7-5-4-6-8-23)19-21-9-11-22(12-10-21)24(28)25-16-13-20-14-17-26(2)18-15-20/h4-12,20H,3,13-19H2,1-2H3,(H,25,28). The number of likely N-dealkylation sites (tertiary alicyclic amines) is 1. The van der Waals surface area contributed by atoms with Crippen molar-refractivity contribution in [2.45, 2.75) is 37.6 Å². The highest BCUT2D eigenvalue weighted by molar-refractivity contribution is 7.89. The molecule has 0 atom stereocenters. The van der Waals surface area contributed by atoms with Crippen molar-refractivity contribution in [3.8, 4) is 0 Å². The summed E-state index contributed by atoms with van der Waals surface area (Å²) in [6.45, 7) is 5.42. The fourth-order valence-corrected chi connectivity index (χ4v) is 5.37. The van der Waals surface area contributed by atoms with Gasteiger partial charge in [0.15, 0.2) is 0 Å². The van der Waals surface area contributed by atoms with Gasteiger partial charge >= 0.3 is 0 Å². The van der Waals surface area contributed by atoms with Crippen molar-refractivity contribution in [3.63, 3.8) is 0 Å². The number of rotatable bonds is 9. The lowest BCUT2D eigenvalue weighted by Gasteiger charge is -2.28. The Morgan fingerprint density at radius 3 is 2.32 bits per heavy atom. The summed E-state index contributed by atoms with van der Waals surface area (Å²) in [5.74, 6) is 0.606. The largest absolute Gasteiger partial charge is 0.352 e. The Bertz CT molecular complexity index is 938. The van der Waals surface area contributed by atoms with Crippen LogP contribution >= 0.6 is 0 Å². The zero-order valence-corrected chi connectivity index (χ0v) is 19.3. The molecule has 0 spiro atoms. The van der Waals surface area contributed by atoms with E-state index in [1.807, 2.05) is 19.1 Å². The summed E-state index contributed by atoms with van der Waals surface area (Å²) in [5, 5.41) is 3.02. The van der Waals surface area contributed by atoms with E-state index in [0.29, 0.717) is 24.6 Å². The first kappa shape index (κ1) is 23.4. The molecule has 3 rings (SSSR count). The van der Waals surface area contributed by atoms with Gasteiger partial charge < -0.3 is 10.2 Å². The number of amides is 1. The summed E-state index contributed by atoms with van der Waals surface area (Å²) in [5.41, 5.74) is 1.45. The maximum atomic E-state index is 12.9. The topological polar surface area (TPSA) is 69.7 Å². The molecule has 0 unspecified atom stereocenters. The normalized spacial score (nSPS) is 15.8. The minimum Gasteiger partial charge on any atom is -0.352 e. The molecule has 1 saturated heterocycles. The van der Waals surface area contributed by atoms with Gasteiger partial charge in [0.05, 0.1) is 4.90 Å². The summed E-state index contributed by atoms with van der Waals surface area (Å²) < 4.78 is 27.2. The Balaban J connectivity index is 1.53. The van der Waals surface area contributed by atoms with Crippen LogP contribution in [-0.4, -0.2) is 56.8 Å². The first-order valence-electron chi connectivity index (χ1n) is 11.0. The molecular weight excluding hydrogens is 410 g/mol. The molecule has 1 heterocycles. The average Bonchev–Trinajstić information content (AvgIpc) is 2.79. The van der Waals surface area contributed by atoms with Crippen molar-refractivity contribution in [3.05, 3.63) is 65.7 Å². The van der Waals surface area contributed by atoms with Gasteiger partial charge in [-0.1, -0.05) is 37.3 Å². The van der Waals surface area contributed by atoms with Crippen LogP contribution in [0.1, 0.15) is 42.1 Å². The van der Waals surface area contributed by atoms with Crippen LogP contribution in [0.15, 0.2) is 59.5 Å². The van der Waals surface area contributed by atoms with E-state index in [2.05, 4.69) is 17.3 Å². The Kier molecular flexibility index (Phi) is 8.23. The molecule has 31 heavy (non-hydrogen) atoms. The van der Waals surface area contributed by atoms with E-state index in [1.54, 1.807) is 42.5 Å². The lowest BCUT2D eigenvalue weighted by atomic mass is 9.94. The number of hydrogen-bond acceptors (Lipinski definition) is 4. The molecule has 0 bridgehead atoms. The zero-order chi connectivity index (χ0) is 22.3. The highest BCUT2D eigenvalue weighted by atomic mass is 32.2. The number of nitrogens with zero attached hydrogens (tertiary/aromatic N) is 2. The highest BCUT2D eigenvalue weighted by Crippen LogP contribution is 2.20. The lowest BCUT2D eigenvalue weighted by molar-refractivity contribution is 0.0949. The van der Waals surface area contributed by atoms with E-state index >= 15 is 0 Å². The van der Waals surface area contributed by atoms with Gasteiger partial charge in [-0.05, 0) is 75.1 Å². The smallest absolute Gasteiger partial charge is 0.251 e. The third-order valence-electron chi connectivity index (χ3n) is 5.99. The molecule has 1 N–H and O–H groups in total. The van der Waals surface area contributed by atoms with Gasteiger partial charge in [-0.25, -0.2) is 8.42 Å². The molecule has 168 valence electrons. The van der Waals surface area contributed by atoms with E-state index in [0.717, 1.165) is 25.1 Å². The van der Waals surface area contributed by atoms with Gasteiger partial charge in [-0.3, -0.25) is 4.79 Å². The van der Waals surface area contributed by atoms with Gasteiger partial charge in [0, 0.05) is 25.2 Å². The number of sulfonamides is 1. The molecule has 7 heteroatoms. The fourth-order valence-electron chi connectivity index (χ4n) is 3.92. The summed E-state index contributed by atoms with van der Waals surface area (Å²) in [6.07, 6.45) is 3.40. The van der Waals surface area contributed by atoms with Crippen LogP contribution in [0, 0.1) is 5.92 Å². The summed E-state index contributed by atoms with van der Waals surface area (Å²) in [7, 11) is -1.40. The van der Waals surface area contributed by atoms with E-state index in [4.69, 9.17) is 0 Å². The maximum absolute atomic E-state index is 12.9. The molecule has 0 aromatic heterocycles. The first-order chi connectivity index (χ1) is 14.9. The van der Waals surface area contributed by atoms with E-state index in [9.17, 15) is 13.2 Å². The van der Waals surface area contributed by atoms with Gasteiger partial charge in [0.25, 0.3) is 5.91 Å². The van der Waals surface area contributed by atoms with Crippen LogP contribution < -0.4 is 5.32 Å². The van der Waals surface area contributed by atoms with Crippen molar-refractivity contribution >= 4 is 15.9 Å². The molecule has 1 fully saturated rings. The Morgan fingerprint density at radius 1 is 1.06 bits per heavy atom. The van der Waals surface area contributed by atoms with E-state index in [1.165, 1.54) is 17.1 Å². The van der Waals surface area contributed by atoms with Crippen LogP contribution in [0.5, 0.6) is 0 Å². The highest BCUT2D eigenvalue weighted by Gasteiger charge is 2.23. The minimum absolute atomic E-state index is 0.0799. The van der Waals surface area contributed by atoms with E-state index < -0.39 is 10.0 Å². The van der Waals surface area contributed by atoms with Gasteiger partial charge in [0.1, 0.15) is 0 Å². The number of hydrogen-bond donors (Lipinski definition) is 1. The molecule has 0 saturated carbocycles. The van der Waals surface area contributed by atoms with Crippen molar-refractivity contribution in [1.29, 1.82) is 0 Å². The van der Waals surface area contributed by atoms with Crippen molar-refractivity contribution < 1.29 is 13.2 Å². The SMILES string of the molecule is CCN(Cc1ccc(C(=O)NCCC2CCN(C)CC2)cc1)S(=O)(=O)c1ccccc1. The molecule has 2 aromatic rings. The van der Waals surface area contributed by atoms with Crippen LogP contribution in [0.25, 0.3) is 0 Å². The lowest BCUT2D eigenvalue weighted by Crippen LogP contribution is -2.32. The van der Waals surface area contributed by atoms with Gasteiger partial charge in [-0.2, -0.15) is 4.31 Å². The van der Waals surface area contributed by atoms with Crippen LogP contribution in [0.4, 0.5) is 0 Å². The molecule has 1 aliphatic rings. The molecular formula is C24H33N3O3S. The number of piperidine rings is 1. The third-order valence-corrected chi connectivity index (χ3v) is 7.92. The Morgan fingerprint density at radius 2 is 1.71 bits per heavy atom. The van der Waals surface area contributed by atoms with Crippen molar-refractivity contribution in [2.75, 3.05) is 33.2 Å². The zero-order valence-electron chi connectivity index (χ0n) is 18.5. The summed E-state index contributed by atoms with van der Waals surface area (Å²) in [4.78, 5) is 15.1. The predicted octanol–water partition coefficient (Wildman–Crippen LogP) is 3.36. The second-order valence-electron chi connectivity index (χ2n) is 8.23. The third kappa shape index (κ3) is 6.38. The molecule has 0 radical (unpaired) electrons. The van der Waals surface area contributed by atoms with Crippen LogP contribution in [0.2, 0.25) is 0 Å². The Labute approximate surface area is 186 Å². The average molecular weight is 444 g/mol. The van der Waals surface area contributed by atoms with Crippen molar-refractivity contribution in [1.82, 2.24) is 14.5 Å². The van der Waals surface area contributed by atoms with Crippen LogP contribution in [-0.2, 0) is 16.6 Å². The molecule has 6 nitrogen and oxygen atoms in total. The minimum atomic E-state index is -3.55. The molecule has 1 aliphatic heterocycles. The van der Waals surface area contributed by atoms with Gasteiger partial charge in [0.2, 0.25) is 10.0 Å². The number of nitrogens with one attached hydrogen (secondary N) is 1. The summed E-state index contributed by atoms with van der Waals surface area (Å²) >= 11 is 0. The van der Waals surface area contributed by atoms with Crippen LogP contribution in [0.3, 0.4) is 0 Å². The molecule has 2 aromatic carbocycles. The number of benzene rings is 2. The number of carbonyl (C=O) groups excluding carboxylic acids is 1.